The van der Waals surface area contributed by atoms with Crippen molar-refractivity contribution in [3.05, 3.63) is 29.6 Å². The lowest BCUT2D eigenvalue weighted by molar-refractivity contribution is -0.137. The standard InChI is InChI=1S/C11H14FNO3.BrH/c1-16-11-7(3-2-4-8(11)12)9(13)5-6-10(14)15;/h2-4,9H,5-6,13H2,1H3,(H,14,15);1H. The lowest BCUT2D eigenvalue weighted by Gasteiger charge is -2.15. The Morgan fingerprint density at radius 2 is 2.24 bits per heavy atom. The Bertz CT molecular complexity index is 387. The number of carbonyl (C=O) groups is 1. The highest BCUT2D eigenvalue weighted by Gasteiger charge is 2.16. The van der Waals surface area contributed by atoms with Gasteiger partial charge >= 0.3 is 5.97 Å². The van der Waals surface area contributed by atoms with Gasteiger partial charge in [0.15, 0.2) is 11.6 Å². The first-order valence-corrected chi connectivity index (χ1v) is 4.86. The molecule has 96 valence electrons. The minimum absolute atomic E-state index is 0. The Morgan fingerprint density at radius 3 is 2.76 bits per heavy atom. The molecule has 1 unspecified atom stereocenters. The van der Waals surface area contributed by atoms with Crippen LogP contribution in [-0.2, 0) is 4.79 Å². The third-order valence-electron chi connectivity index (χ3n) is 2.27. The Hall–Kier alpha value is -1.14. The summed E-state index contributed by atoms with van der Waals surface area (Å²) in [5.41, 5.74) is 6.27. The molecule has 0 saturated heterocycles. The minimum atomic E-state index is -0.925. The van der Waals surface area contributed by atoms with Crippen LogP contribution in [0.5, 0.6) is 5.75 Å². The molecule has 1 aromatic carbocycles. The van der Waals surface area contributed by atoms with Crippen LogP contribution >= 0.6 is 17.0 Å². The lowest BCUT2D eigenvalue weighted by Crippen LogP contribution is -2.14. The van der Waals surface area contributed by atoms with Crippen molar-refractivity contribution in [3.63, 3.8) is 0 Å². The smallest absolute Gasteiger partial charge is 0.303 e. The molecule has 0 radical (unpaired) electrons. The molecule has 1 aromatic rings. The van der Waals surface area contributed by atoms with Crippen LogP contribution in [0.25, 0.3) is 0 Å². The first-order chi connectivity index (χ1) is 7.56. The van der Waals surface area contributed by atoms with Crippen LogP contribution < -0.4 is 10.5 Å². The van der Waals surface area contributed by atoms with Crippen LogP contribution in [0.3, 0.4) is 0 Å². The zero-order valence-corrected chi connectivity index (χ0v) is 11.1. The van der Waals surface area contributed by atoms with Gasteiger partial charge in [0, 0.05) is 18.0 Å². The van der Waals surface area contributed by atoms with Gasteiger partial charge in [0.05, 0.1) is 7.11 Å². The highest BCUT2D eigenvalue weighted by molar-refractivity contribution is 8.93. The Labute approximate surface area is 109 Å². The van der Waals surface area contributed by atoms with E-state index in [9.17, 15) is 9.18 Å². The van der Waals surface area contributed by atoms with Gasteiger partial charge in [0.2, 0.25) is 0 Å². The fraction of sp³-hybridized carbons (Fsp3) is 0.364. The first kappa shape index (κ1) is 15.9. The van der Waals surface area contributed by atoms with Crippen LogP contribution in [0.4, 0.5) is 4.39 Å². The summed E-state index contributed by atoms with van der Waals surface area (Å²) in [4.78, 5) is 10.4. The van der Waals surface area contributed by atoms with Gasteiger partial charge in [0.25, 0.3) is 0 Å². The first-order valence-electron chi connectivity index (χ1n) is 4.86. The van der Waals surface area contributed by atoms with Gasteiger partial charge < -0.3 is 15.6 Å². The summed E-state index contributed by atoms with van der Waals surface area (Å²) in [5, 5.41) is 8.53. The second-order valence-electron chi connectivity index (χ2n) is 3.40. The van der Waals surface area contributed by atoms with Crippen molar-refractivity contribution in [2.45, 2.75) is 18.9 Å². The summed E-state index contributed by atoms with van der Waals surface area (Å²) in [7, 11) is 1.35. The van der Waals surface area contributed by atoms with Gasteiger partial charge in [-0.25, -0.2) is 4.39 Å². The van der Waals surface area contributed by atoms with E-state index in [2.05, 4.69) is 0 Å². The summed E-state index contributed by atoms with van der Waals surface area (Å²) in [5.74, 6) is -1.34. The van der Waals surface area contributed by atoms with Crippen LogP contribution in [0, 0.1) is 5.82 Å². The quantitative estimate of drug-likeness (QED) is 0.875. The maximum absolute atomic E-state index is 13.3. The molecule has 0 bridgehead atoms. The average molecular weight is 308 g/mol. The predicted octanol–water partition coefficient (Wildman–Crippen LogP) is 2.28. The van der Waals surface area contributed by atoms with E-state index in [-0.39, 0.29) is 35.6 Å². The maximum Gasteiger partial charge on any atom is 0.303 e. The van der Waals surface area contributed by atoms with Gasteiger partial charge in [-0.3, -0.25) is 4.79 Å². The number of aliphatic carboxylic acids is 1. The number of hydrogen-bond donors (Lipinski definition) is 2. The molecular formula is C11H15BrFNO3. The topological polar surface area (TPSA) is 72.5 Å². The van der Waals surface area contributed by atoms with E-state index in [1.54, 1.807) is 6.07 Å². The number of ether oxygens (including phenoxy) is 1. The highest BCUT2D eigenvalue weighted by Crippen LogP contribution is 2.28. The third-order valence-corrected chi connectivity index (χ3v) is 2.27. The Balaban J connectivity index is 0.00000256. The largest absolute Gasteiger partial charge is 0.493 e. The number of benzene rings is 1. The zero-order chi connectivity index (χ0) is 12.1. The number of rotatable bonds is 5. The summed E-state index contributed by atoms with van der Waals surface area (Å²) >= 11 is 0. The molecule has 6 heteroatoms. The van der Waals surface area contributed by atoms with Crippen molar-refractivity contribution in [2.24, 2.45) is 5.73 Å². The monoisotopic (exact) mass is 307 g/mol. The number of methoxy groups -OCH3 is 1. The van der Waals surface area contributed by atoms with E-state index < -0.39 is 17.8 Å². The van der Waals surface area contributed by atoms with Crippen molar-refractivity contribution in [2.75, 3.05) is 7.11 Å². The van der Waals surface area contributed by atoms with Crippen LogP contribution in [0.15, 0.2) is 18.2 Å². The molecule has 17 heavy (non-hydrogen) atoms. The van der Waals surface area contributed by atoms with Gasteiger partial charge in [-0.1, -0.05) is 12.1 Å². The second-order valence-corrected chi connectivity index (χ2v) is 3.40. The summed E-state index contributed by atoms with van der Waals surface area (Å²) in [6.45, 7) is 0. The minimum Gasteiger partial charge on any atom is -0.493 e. The number of nitrogens with two attached hydrogens (primary N) is 1. The number of para-hydroxylation sites is 1. The summed E-state index contributed by atoms with van der Waals surface area (Å²) in [6.07, 6.45) is 0.190. The van der Waals surface area contributed by atoms with Crippen molar-refractivity contribution in [3.8, 4) is 5.75 Å². The normalized spacial score (nSPS) is 11.5. The van der Waals surface area contributed by atoms with E-state index in [1.165, 1.54) is 19.2 Å². The summed E-state index contributed by atoms with van der Waals surface area (Å²) < 4.78 is 18.2. The molecule has 0 spiro atoms. The number of carboxylic acids is 1. The number of halogens is 2. The Kier molecular flexibility index (Phi) is 6.75. The van der Waals surface area contributed by atoms with Gasteiger partial charge in [-0.2, -0.15) is 0 Å². The van der Waals surface area contributed by atoms with E-state index >= 15 is 0 Å². The number of hydrogen-bond acceptors (Lipinski definition) is 3. The molecule has 1 rings (SSSR count). The van der Waals surface area contributed by atoms with Gasteiger partial charge in [-0.05, 0) is 12.5 Å². The van der Waals surface area contributed by atoms with Crippen molar-refractivity contribution >= 4 is 23.0 Å². The molecule has 0 aliphatic carbocycles. The lowest BCUT2D eigenvalue weighted by atomic mass is 10.0. The van der Waals surface area contributed by atoms with Crippen LogP contribution in [0.1, 0.15) is 24.4 Å². The average Bonchev–Trinajstić information content (AvgIpc) is 2.25. The molecule has 0 aromatic heterocycles. The molecule has 4 nitrogen and oxygen atoms in total. The SMILES string of the molecule is Br.COc1c(F)cccc1C(N)CCC(=O)O. The van der Waals surface area contributed by atoms with Gasteiger partial charge in [-0.15, -0.1) is 17.0 Å². The Morgan fingerprint density at radius 1 is 1.59 bits per heavy atom. The van der Waals surface area contributed by atoms with Crippen molar-refractivity contribution in [1.29, 1.82) is 0 Å². The van der Waals surface area contributed by atoms with E-state index in [4.69, 9.17) is 15.6 Å². The van der Waals surface area contributed by atoms with Crippen molar-refractivity contribution < 1.29 is 19.0 Å². The fourth-order valence-electron chi connectivity index (χ4n) is 1.47. The molecule has 0 fully saturated rings. The number of carboxylic acid groups (broad SMARTS) is 1. The van der Waals surface area contributed by atoms with Crippen LogP contribution in [-0.4, -0.2) is 18.2 Å². The second kappa shape index (κ2) is 7.24. The molecular weight excluding hydrogens is 293 g/mol. The van der Waals surface area contributed by atoms with Crippen molar-refractivity contribution in [1.82, 2.24) is 0 Å². The van der Waals surface area contributed by atoms with E-state index in [0.717, 1.165) is 0 Å². The van der Waals surface area contributed by atoms with E-state index in [1.807, 2.05) is 0 Å². The zero-order valence-electron chi connectivity index (χ0n) is 9.35. The predicted molar refractivity (Wildman–Crippen MR) is 67.1 cm³/mol. The molecule has 0 amide bonds. The molecule has 0 aliphatic heterocycles. The molecule has 3 N–H and O–H groups in total. The molecule has 0 heterocycles. The molecule has 1 atom stereocenters. The fourth-order valence-corrected chi connectivity index (χ4v) is 1.47. The highest BCUT2D eigenvalue weighted by atomic mass is 79.9. The third kappa shape index (κ3) is 4.32. The van der Waals surface area contributed by atoms with Crippen LogP contribution in [0.2, 0.25) is 0 Å². The van der Waals surface area contributed by atoms with Gasteiger partial charge in [0.1, 0.15) is 0 Å². The summed E-state index contributed by atoms with van der Waals surface area (Å²) in [6, 6.07) is 3.89. The molecule has 0 aliphatic rings. The maximum atomic E-state index is 13.3. The van der Waals surface area contributed by atoms with E-state index in [0.29, 0.717) is 5.56 Å². The molecule has 0 saturated carbocycles.